The Morgan fingerprint density at radius 2 is 1.84 bits per heavy atom. The Balaban J connectivity index is 1.16. The highest BCUT2D eigenvalue weighted by atomic mass is 19.4. The van der Waals surface area contributed by atoms with E-state index in [9.17, 15) is 32.7 Å². The Morgan fingerprint density at radius 3 is 2.51 bits per heavy atom. The summed E-state index contributed by atoms with van der Waals surface area (Å²) in [5, 5.41) is 13.5. The molecule has 4 saturated carbocycles. The van der Waals surface area contributed by atoms with Crippen LogP contribution in [-0.4, -0.2) is 96.8 Å². The zero-order valence-corrected chi connectivity index (χ0v) is 27.5. The standard InChI is InChI=1S/C33H38F3N9O4/c1-4-20-26(43-9-10-44(22-6-5-21(22)43)31(49)25-27(47)16(2)37-15-38-25)28(48)24-30(39-19-7-8-42(3)29(19)40-24)45(20)14-23(46)41-32-11-17(12-32)18(13-32)33(34,35)36/h15,17-18,21-22,47H,4-14H2,1-3H3,(H,41,46)/t17?,18?,21-,22-,32?/m1/s1. The molecule has 5 heterocycles. The average Bonchev–Trinajstić information content (AvgIpc) is 3.70. The van der Waals surface area contributed by atoms with Crippen LogP contribution in [0.5, 0.6) is 5.75 Å². The Morgan fingerprint density at radius 1 is 1.08 bits per heavy atom. The first-order valence-corrected chi connectivity index (χ1v) is 16.9. The molecule has 1 saturated heterocycles. The molecule has 6 aliphatic rings. The summed E-state index contributed by atoms with van der Waals surface area (Å²) in [6.07, 6.45) is -0.146. The SMILES string of the molecule is CCc1c(N2CCN(C(=O)c3ncnc(C)c3O)[C@@H]3CC[C@H]32)c(=O)c2nc3c(nc2n1CC(=O)NC12CC(C1)C(C(F)(F)F)C2)CCN3C. The number of fused-ring (bicyclic) bond motifs is 4. The monoisotopic (exact) mass is 681 g/mol. The lowest BCUT2D eigenvalue weighted by Gasteiger charge is -2.54. The predicted octanol–water partition coefficient (Wildman–Crippen LogP) is 2.49. The summed E-state index contributed by atoms with van der Waals surface area (Å²) in [6, 6.07) is -0.437. The number of carbonyl (C=O) groups excluding carboxylic acids is 2. The van der Waals surface area contributed by atoms with Gasteiger partial charge in [-0.2, -0.15) is 13.2 Å². The summed E-state index contributed by atoms with van der Waals surface area (Å²) in [6.45, 7) is 4.54. The highest BCUT2D eigenvalue weighted by Crippen LogP contribution is 2.60. The first kappa shape index (κ1) is 31.7. The van der Waals surface area contributed by atoms with Crippen molar-refractivity contribution in [3.05, 3.63) is 39.3 Å². The molecule has 0 aromatic carbocycles. The van der Waals surface area contributed by atoms with E-state index < -0.39 is 35.4 Å². The van der Waals surface area contributed by atoms with Gasteiger partial charge in [0.05, 0.1) is 23.3 Å². The Labute approximate surface area is 279 Å². The van der Waals surface area contributed by atoms with Crippen LogP contribution in [0.4, 0.5) is 24.7 Å². The van der Waals surface area contributed by atoms with Gasteiger partial charge in [0.15, 0.2) is 28.4 Å². The molecule has 3 atom stereocenters. The van der Waals surface area contributed by atoms with E-state index in [-0.39, 0.29) is 59.6 Å². The number of carbonyl (C=O) groups is 2. The number of hydrogen-bond acceptors (Lipinski definition) is 10. The van der Waals surface area contributed by atoms with Crippen molar-refractivity contribution in [2.45, 2.75) is 89.1 Å². The van der Waals surface area contributed by atoms with Gasteiger partial charge in [0.2, 0.25) is 11.3 Å². The van der Waals surface area contributed by atoms with Gasteiger partial charge in [0, 0.05) is 50.4 Å². The van der Waals surface area contributed by atoms with Crippen LogP contribution in [0.2, 0.25) is 0 Å². The van der Waals surface area contributed by atoms with Crippen molar-refractivity contribution in [1.29, 1.82) is 0 Å². The fourth-order valence-electron chi connectivity index (χ4n) is 8.99. The van der Waals surface area contributed by atoms with Crippen molar-refractivity contribution in [2.24, 2.45) is 11.8 Å². The van der Waals surface area contributed by atoms with E-state index in [1.165, 1.54) is 6.33 Å². The minimum Gasteiger partial charge on any atom is -0.504 e. The largest absolute Gasteiger partial charge is 0.504 e. The number of hydrogen-bond donors (Lipinski definition) is 2. The van der Waals surface area contributed by atoms with Crippen molar-refractivity contribution < 1.29 is 27.9 Å². The summed E-state index contributed by atoms with van der Waals surface area (Å²) in [5.74, 6) is -2.36. The molecule has 5 fully saturated rings. The molecule has 3 aromatic heterocycles. The Kier molecular flexibility index (Phi) is 7.13. The first-order valence-electron chi connectivity index (χ1n) is 16.9. The van der Waals surface area contributed by atoms with Crippen molar-refractivity contribution >= 4 is 34.5 Å². The number of aryl methyl sites for hydroxylation is 1. The maximum Gasteiger partial charge on any atom is 0.392 e. The zero-order chi connectivity index (χ0) is 34.6. The summed E-state index contributed by atoms with van der Waals surface area (Å²) in [4.78, 5) is 65.2. The van der Waals surface area contributed by atoms with Crippen LogP contribution >= 0.6 is 0 Å². The van der Waals surface area contributed by atoms with Gasteiger partial charge in [-0.15, -0.1) is 0 Å². The van der Waals surface area contributed by atoms with Crippen LogP contribution in [0.15, 0.2) is 11.1 Å². The fraction of sp³-hybridized carbons (Fsp3) is 0.606. The van der Waals surface area contributed by atoms with Gasteiger partial charge in [-0.05, 0) is 51.4 Å². The molecule has 2 bridgehead atoms. The van der Waals surface area contributed by atoms with Gasteiger partial charge in [0.25, 0.3) is 5.91 Å². The molecule has 1 unspecified atom stereocenters. The van der Waals surface area contributed by atoms with E-state index in [2.05, 4.69) is 15.3 Å². The minimum absolute atomic E-state index is 0.0609. The normalized spacial score (nSPS) is 27.1. The van der Waals surface area contributed by atoms with Gasteiger partial charge in [-0.1, -0.05) is 6.92 Å². The molecule has 4 aliphatic carbocycles. The number of alkyl halides is 3. The third-order valence-electron chi connectivity index (χ3n) is 11.5. The predicted molar refractivity (Wildman–Crippen MR) is 172 cm³/mol. The smallest absolute Gasteiger partial charge is 0.392 e. The molecule has 2 amide bonds. The van der Waals surface area contributed by atoms with E-state index in [0.29, 0.717) is 74.5 Å². The third kappa shape index (κ3) is 4.83. The maximum absolute atomic E-state index is 14.5. The second kappa shape index (κ2) is 11.0. The maximum atomic E-state index is 14.5. The van der Waals surface area contributed by atoms with Crippen LogP contribution in [0.3, 0.4) is 0 Å². The summed E-state index contributed by atoms with van der Waals surface area (Å²) >= 11 is 0. The van der Waals surface area contributed by atoms with Gasteiger partial charge < -0.3 is 29.7 Å². The number of aromatic hydroxyl groups is 1. The van der Waals surface area contributed by atoms with Gasteiger partial charge >= 0.3 is 6.18 Å². The first-order chi connectivity index (χ1) is 23.3. The molecular formula is C33H38F3N9O4. The number of piperazine rings is 1. The van der Waals surface area contributed by atoms with E-state index in [1.807, 2.05) is 23.8 Å². The lowest BCUT2D eigenvalue weighted by atomic mass is 9.76. The molecule has 13 nitrogen and oxygen atoms in total. The van der Waals surface area contributed by atoms with Crippen LogP contribution in [0.25, 0.3) is 11.2 Å². The molecule has 9 rings (SSSR count). The Bertz CT molecular complexity index is 1960. The van der Waals surface area contributed by atoms with E-state index >= 15 is 0 Å². The van der Waals surface area contributed by atoms with Gasteiger partial charge in [0.1, 0.15) is 18.6 Å². The molecule has 260 valence electrons. The van der Waals surface area contributed by atoms with Gasteiger partial charge in [-0.3, -0.25) is 14.4 Å². The summed E-state index contributed by atoms with van der Waals surface area (Å²) in [7, 11) is 1.88. The van der Waals surface area contributed by atoms with E-state index in [0.717, 1.165) is 5.69 Å². The second-order valence-electron chi connectivity index (χ2n) is 14.3. The molecule has 2 N–H and O–H groups in total. The number of aromatic nitrogens is 5. The van der Waals surface area contributed by atoms with Crippen LogP contribution in [0, 0.1) is 18.8 Å². The number of halogens is 3. The van der Waals surface area contributed by atoms with Gasteiger partial charge in [-0.25, -0.2) is 19.9 Å². The fourth-order valence-corrected chi connectivity index (χ4v) is 8.99. The highest BCUT2D eigenvalue weighted by Gasteiger charge is 2.64. The minimum atomic E-state index is -4.29. The number of likely N-dealkylation sites (N-methyl/N-ethyl adjacent to an activating group) is 1. The number of nitrogens with one attached hydrogen (secondary N) is 1. The van der Waals surface area contributed by atoms with Crippen molar-refractivity contribution in [2.75, 3.05) is 36.5 Å². The second-order valence-corrected chi connectivity index (χ2v) is 14.3. The molecule has 0 radical (unpaired) electrons. The van der Waals surface area contributed by atoms with Crippen LogP contribution in [0.1, 0.15) is 66.6 Å². The van der Waals surface area contributed by atoms with Crippen molar-refractivity contribution in [3.8, 4) is 5.75 Å². The lowest BCUT2D eigenvalue weighted by molar-refractivity contribution is -0.180. The number of nitrogens with zero attached hydrogens (tertiary/aromatic N) is 8. The molecule has 49 heavy (non-hydrogen) atoms. The summed E-state index contributed by atoms with van der Waals surface area (Å²) in [5.41, 5.74) is 1.18. The number of anilines is 2. The quantitative estimate of drug-likeness (QED) is 0.398. The van der Waals surface area contributed by atoms with Crippen molar-refractivity contribution in [1.82, 2.24) is 34.7 Å². The number of pyridine rings is 1. The average molecular weight is 682 g/mol. The van der Waals surface area contributed by atoms with Crippen LogP contribution < -0.4 is 20.5 Å². The van der Waals surface area contributed by atoms with Crippen LogP contribution in [-0.2, 0) is 24.2 Å². The van der Waals surface area contributed by atoms with E-state index in [4.69, 9.17) is 9.97 Å². The molecule has 3 aromatic rings. The third-order valence-corrected chi connectivity index (χ3v) is 11.5. The highest BCUT2D eigenvalue weighted by molar-refractivity contribution is 5.95. The number of amides is 2. The zero-order valence-electron chi connectivity index (χ0n) is 27.5. The molecular weight excluding hydrogens is 643 g/mol. The Hall–Kier alpha value is -4.50. The molecule has 2 aliphatic heterocycles. The van der Waals surface area contributed by atoms with Crippen molar-refractivity contribution in [3.63, 3.8) is 0 Å². The molecule has 16 heteroatoms. The lowest BCUT2D eigenvalue weighted by Crippen LogP contribution is -2.67. The molecule has 0 spiro atoms. The number of rotatable bonds is 6. The topological polar surface area (TPSA) is 150 Å². The van der Waals surface area contributed by atoms with E-state index in [1.54, 1.807) is 16.4 Å². The summed E-state index contributed by atoms with van der Waals surface area (Å²) < 4.78 is 42.5.